The number of rotatable bonds is 4. The topological polar surface area (TPSA) is 61.3 Å². The highest BCUT2D eigenvalue weighted by Crippen LogP contribution is 2.29. The van der Waals surface area contributed by atoms with E-state index in [-0.39, 0.29) is 24.1 Å². The minimum atomic E-state index is -0.114. The van der Waals surface area contributed by atoms with E-state index in [1.54, 1.807) is 6.20 Å². The third kappa shape index (κ3) is 4.66. The molecule has 2 atom stereocenters. The zero-order valence-electron chi connectivity index (χ0n) is 12.6. The van der Waals surface area contributed by atoms with E-state index in [0.717, 1.165) is 25.0 Å². The van der Waals surface area contributed by atoms with Crippen LogP contribution in [0.5, 0.6) is 5.88 Å². The first-order valence-electron chi connectivity index (χ1n) is 7.32. The first-order valence-corrected chi connectivity index (χ1v) is 8.11. The second kappa shape index (κ2) is 7.20. The van der Waals surface area contributed by atoms with E-state index in [9.17, 15) is 4.79 Å². The molecule has 0 N–H and O–H groups in total. The molecule has 5 nitrogen and oxygen atoms in total. The van der Waals surface area contributed by atoms with Gasteiger partial charge in [0.2, 0.25) is 5.88 Å². The maximum atomic E-state index is 12.0. The lowest BCUT2D eigenvalue weighted by Crippen LogP contribution is -2.32. The predicted octanol–water partition coefficient (Wildman–Crippen LogP) is 3.44. The summed E-state index contributed by atoms with van der Waals surface area (Å²) in [5, 5.41) is 0. The van der Waals surface area contributed by atoms with Crippen molar-refractivity contribution in [1.29, 1.82) is 0 Å². The molecule has 0 amide bonds. The number of nitrogens with zero attached hydrogens (tertiary/aromatic N) is 2. The minimum absolute atomic E-state index is 0.00219. The molecule has 0 spiro atoms. The smallest absolute Gasteiger partial charge is 0.309 e. The molecular weight excluding hydrogens is 336 g/mol. The molecule has 0 bridgehead atoms. The molecule has 21 heavy (non-hydrogen) atoms. The Balaban J connectivity index is 1.96. The Bertz CT molecular complexity index is 508. The van der Waals surface area contributed by atoms with E-state index >= 15 is 0 Å². The van der Waals surface area contributed by atoms with Crippen LogP contribution >= 0.6 is 15.9 Å². The monoisotopic (exact) mass is 356 g/mol. The highest BCUT2D eigenvalue weighted by atomic mass is 79.9. The molecule has 116 valence electrons. The summed E-state index contributed by atoms with van der Waals surface area (Å²) in [5.74, 6) is 0.354. The van der Waals surface area contributed by atoms with E-state index in [1.807, 2.05) is 20.8 Å². The molecular formula is C15H21BrN2O3. The molecule has 0 radical (unpaired) electrons. The van der Waals surface area contributed by atoms with E-state index in [2.05, 4.69) is 25.9 Å². The fraction of sp³-hybridized carbons (Fsp3) is 0.667. The first kappa shape index (κ1) is 16.2. The van der Waals surface area contributed by atoms with Gasteiger partial charge in [0.25, 0.3) is 0 Å². The molecule has 0 aromatic carbocycles. The largest absolute Gasteiger partial charge is 0.473 e. The molecule has 1 heterocycles. The molecule has 1 saturated carbocycles. The van der Waals surface area contributed by atoms with Gasteiger partial charge in [0.1, 0.15) is 16.4 Å². The van der Waals surface area contributed by atoms with E-state index < -0.39 is 0 Å². The number of hydrogen-bond donors (Lipinski definition) is 0. The Kier molecular flexibility index (Phi) is 5.56. The maximum Gasteiger partial charge on any atom is 0.309 e. The predicted molar refractivity (Wildman–Crippen MR) is 82.1 cm³/mol. The highest BCUT2D eigenvalue weighted by Gasteiger charge is 2.30. The molecule has 1 aromatic heterocycles. The van der Waals surface area contributed by atoms with Crippen LogP contribution in [0.3, 0.4) is 0 Å². The molecule has 0 unspecified atom stereocenters. The minimum Gasteiger partial charge on any atom is -0.473 e. The summed E-state index contributed by atoms with van der Waals surface area (Å²) < 4.78 is 11.9. The van der Waals surface area contributed by atoms with E-state index in [4.69, 9.17) is 9.47 Å². The van der Waals surface area contributed by atoms with E-state index in [0.29, 0.717) is 16.9 Å². The van der Waals surface area contributed by atoms with Gasteiger partial charge in [0.05, 0.1) is 18.2 Å². The number of esters is 1. The molecule has 1 fully saturated rings. The molecule has 0 aliphatic heterocycles. The summed E-state index contributed by atoms with van der Waals surface area (Å²) >= 11 is 3.28. The van der Waals surface area contributed by atoms with Gasteiger partial charge >= 0.3 is 5.97 Å². The fourth-order valence-corrected chi connectivity index (χ4v) is 2.88. The van der Waals surface area contributed by atoms with Gasteiger partial charge in [-0.2, -0.15) is 0 Å². The van der Waals surface area contributed by atoms with Crippen molar-refractivity contribution in [1.82, 2.24) is 9.97 Å². The van der Waals surface area contributed by atoms with Gasteiger partial charge in [-0.15, -0.1) is 0 Å². The maximum absolute atomic E-state index is 12.0. The van der Waals surface area contributed by atoms with Crippen molar-refractivity contribution >= 4 is 21.9 Å². The van der Waals surface area contributed by atoms with Crippen LogP contribution in [0.2, 0.25) is 0 Å². The lowest BCUT2D eigenvalue weighted by molar-refractivity contribution is -0.154. The van der Waals surface area contributed by atoms with Crippen LogP contribution in [0.1, 0.15) is 45.2 Å². The number of carbonyl (C=O) groups is 1. The Labute approximate surface area is 133 Å². The summed E-state index contributed by atoms with van der Waals surface area (Å²) in [6, 6.07) is 0. The number of ether oxygens (including phenoxy) is 2. The van der Waals surface area contributed by atoms with Gasteiger partial charge in [0.15, 0.2) is 0 Å². The number of hydrogen-bond acceptors (Lipinski definition) is 5. The second-order valence-corrected chi connectivity index (χ2v) is 6.48. The molecule has 2 rings (SSSR count). The van der Waals surface area contributed by atoms with Crippen molar-refractivity contribution < 1.29 is 14.3 Å². The van der Waals surface area contributed by atoms with Crippen molar-refractivity contribution in [2.24, 2.45) is 5.92 Å². The van der Waals surface area contributed by atoms with Gasteiger partial charge in [-0.3, -0.25) is 4.79 Å². The van der Waals surface area contributed by atoms with Gasteiger partial charge < -0.3 is 9.47 Å². The quantitative estimate of drug-likeness (QED) is 0.773. The average molecular weight is 357 g/mol. The van der Waals surface area contributed by atoms with Gasteiger partial charge in [-0.25, -0.2) is 9.97 Å². The summed E-state index contributed by atoms with van der Waals surface area (Å²) in [4.78, 5) is 20.5. The number of aryl methyl sites for hydroxylation is 1. The number of carbonyl (C=O) groups excluding carboxylic acids is 1. The fourth-order valence-electron chi connectivity index (χ4n) is 2.51. The van der Waals surface area contributed by atoms with Crippen LogP contribution in [0.4, 0.5) is 0 Å². The molecule has 6 heteroatoms. The van der Waals surface area contributed by atoms with Crippen molar-refractivity contribution in [3.05, 3.63) is 16.5 Å². The Morgan fingerprint density at radius 1 is 1.43 bits per heavy atom. The van der Waals surface area contributed by atoms with Crippen molar-refractivity contribution in [3.63, 3.8) is 0 Å². The molecule has 0 saturated heterocycles. The summed E-state index contributed by atoms with van der Waals surface area (Å²) in [6.45, 7) is 5.60. The molecule has 1 aliphatic carbocycles. The zero-order valence-corrected chi connectivity index (χ0v) is 14.2. The number of halogens is 1. The first-order chi connectivity index (χ1) is 9.95. The van der Waals surface area contributed by atoms with Crippen LogP contribution in [0.15, 0.2) is 10.8 Å². The zero-order chi connectivity index (χ0) is 15.4. The normalized spacial score (nSPS) is 22.1. The number of aromatic nitrogens is 2. The van der Waals surface area contributed by atoms with Gasteiger partial charge in [-0.05, 0) is 62.4 Å². The van der Waals surface area contributed by atoms with Crippen molar-refractivity contribution in [2.45, 2.75) is 58.7 Å². The molecule has 1 aromatic rings. The summed E-state index contributed by atoms with van der Waals surface area (Å²) in [7, 11) is 0. The average Bonchev–Trinajstić information content (AvgIpc) is 2.41. The lowest BCUT2D eigenvalue weighted by Gasteiger charge is -2.28. The summed E-state index contributed by atoms with van der Waals surface area (Å²) in [6.07, 6.45) is 5.00. The van der Waals surface area contributed by atoms with Crippen molar-refractivity contribution in [2.75, 3.05) is 0 Å². The van der Waals surface area contributed by atoms with Crippen molar-refractivity contribution in [3.8, 4) is 5.88 Å². The SMILES string of the molecule is Cc1nc(Br)cnc1O[C@H]1CCC[C@H](C(=O)OC(C)C)C1. The Hall–Kier alpha value is -1.17. The van der Waals surface area contributed by atoms with E-state index in [1.165, 1.54) is 0 Å². The van der Waals surface area contributed by atoms with Gasteiger partial charge in [0, 0.05) is 0 Å². The summed E-state index contributed by atoms with van der Waals surface area (Å²) in [5.41, 5.74) is 0.747. The van der Waals surface area contributed by atoms with Crippen LogP contribution in [0.25, 0.3) is 0 Å². The Morgan fingerprint density at radius 3 is 2.86 bits per heavy atom. The Morgan fingerprint density at radius 2 is 2.19 bits per heavy atom. The lowest BCUT2D eigenvalue weighted by atomic mass is 9.87. The third-order valence-corrected chi connectivity index (χ3v) is 3.84. The molecule has 1 aliphatic rings. The van der Waals surface area contributed by atoms with Crippen LogP contribution in [-0.4, -0.2) is 28.1 Å². The highest BCUT2D eigenvalue weighted by molar-refractivity contribution is 9.10. The second-order valence-electron chi connectivity index (χ2n) is 5.67. The van der Waals surface area contributed by atoms with Crippen LogP contribution in [0, 0.1) is 12.8 Å². The third-order valence-electron chi connectivity index (χ3n) is 3.46. The standard InChI is InChI=1S/C15H21BrN2O3/c1-9(2)20-15(19)11-5-4-6-12(7-11)21-14-10(3)18-13(16)8-17-14/h8-9,11-12H,4-7H2,1-3H3/t11-,12-/m0/s1. The van der Waals surface area contributed by atoms with Gasteiger partial charge in [-0.1, -0.05) is 0 Å². The van der Waals surface area contributed by atoms with Crippen LogP contribution < -0.4 is 4.74 Å². The van der Waals surface area contributed by atoms with Crippen LogP contribution in [-0.2, 0) is 9.53 Å².